The lowest BCUT2D eigenvalue weighted by Gasteiger charge is -2.46. The van der Waals surface area contributed by atoms with Crippen LogP contribution in [0.1, 0.15) is 40.0 Å². The lowest BCUT2D eigenvalue weighted by Crippen LogP contribution is -2.42. The van der Waals surface area contributed by atoms with Gasteiger partial charge in [0.25, 0.3) is 0 Å². The third kappa shape index (κ3) is 2.99. The number of allylic oxidation sites excluding steroid dienone is 1. The first-order chi connectivity index (χ1) is 7.74. The molecule has 1 fully saturated rings. The van der Waals surface area contributed by atoms with Crippen LogP contribution in [0.25, 0.3) is 0 Å². The first-order valence-corrected chi connectivity index (χ1v) is 6.39. The van der Waals surface area contributed by atoms with Crippen molar-refractivity contribution >= 4 is 0 Å². The lowest BCUT2D eigenvalue weighted by atomic mass is 9.60. The van der Waals surface area contributed by atoms with Crippen LogP contribution in [0.15, 0.2) is 24.8 Å². The first kappa shape index (κ1) is 14.5. The molecule has 1 aliphatic carbocycles. The molecule has 2 nitrogen and oxygen atoms in total. The molecule has 0 bridgehead atoms. The van der Waals surface area contributed by atoms with Crippen LogP contribution >= 0.6 is 0 Å². The summed E-state index contributed by atoms with van der Waals surface area (Å²) in [4.78, 5) is 0. The van der Waals surface area contributed by atoms with Gasteiger partial charge < -0.3 is 10.2 Å². The topological polar surface area (TPSA) is 40.5 Å². The van der Waals surface area contributed by atoms with Crippen LogP contribution in [0.3, 0.4) is 0 Å². The van der Waals surface area contributed by atoms with Crippen LogP contribution < -0.4 is 0 Å². The molecule has 0 amide bonds. The van der Waals surface area contributed by atoms with Gasteiger partial charge >= 0.3 is 0 Å². The van der Waals surface area contributed by atoms with Gasteiger partial charge in [-0.15, -0.1) is 6.58 Å². The maximum absolute atomic E-state index is 10.1. The van der Waals surface area contributed by atoms with Gasteiger partial charge in [-0.05, 0) is 55.9 Å². The average molecular weight is 238 g/mol. The molecular weight excluding hydrogens is 212 g/mol. The summed E-state index contributed by atoms with van der Waals surface area (Å²) in [5.74, 6) is 0.485. The van der Waals surface area contributed by atoms with E-state index in [9.17, 15) is 10.2 Å². The third-order valence-electron chi connectivity index (χ3n) is 4.51. The summed E-state index contributed by atoms with van der Waals surface area (Å²) in [6.45, 7) is 13.8. The predicted molar refractivity (Wildman–Crippen MR) is 71.7 cm³/mol. The predicted octanol–water partition coefficient (Wildman–Crippen LogP) is 2.91. The Morgan fingerprint density at radius 3 is 2.53 bits per heavy atom. The zero-order chi connectivity index (χ0) is 13.3. The van der Waals surface area contributed by atoms with E-state index in [0.717, 1.165) is 24.8 Å². The van der Waals surface area contributed by atoms with Gasteiger partial charge in [-0.3, -0.25) is 0 Å². The fourth-order valence-corrected chi connectivity index (χ4v) is 2.96. The highest BCUT2D eigenvalue weighted by molar-refractivity contribution is 5.14. The molecule has 1 rings (SSSR count). The molecule has 1 saturated carbocycles. The summed E-state index contributed by atoms with van der Waals surface area (Å²) in [6, 6.07) is 0. The fraction of sp³-hybridized carbons (Fsp3) is 0.733. The molecule has 98 valence electrons. The largest absolute Gasteiger partial charge is 0.392 e. The van der Waals surface area contributed by atoms with Gasteiger partial charge in [0.1, 0.15) is 0 Å². The second-order valence-electron chi connectivity index (χ2n) is 6.20. The molecule has 0 aliphatic heterocycles. The molecule has 0 saturated heterocycles. The Morgan fingerprint density at radius 1 is 1.53 bits per heavy atom. The molecule has 0 heterocycles. The van der Waals surface area contributed by atoms with Crippen molar-refractivity contribution in [1.82, 2.24) is 0 Å². The fourth-order valence-electron chi connectivity index (χ4n) is 2.96. The maximum atomic E-state index is 10.1. The van der Waals surface area contributed by atoms with Crippen molar-refractivity contribution in [3.63, 3.8) is 0 Å². The third-order valence-corrected chi connectivity index (χ3v) is 4.51. The second-order valence-corrected chi connectivity index (χ2v) is 6.20. The van der Waals surface area contributed by atoms with Gasteiger partial charge in [-0.2, -0.15) is 0 Å². The Balaban J connectivity index is 2.92. The highest BCUT2D eigenvalue weighted by Gasteiger charge is 2.42. The summed E-state index contributed by atoms with van der Waals surface area (Å²) < 4.78 is 0. The maximum Gasteiger partial charge on any atom is 0.0642 e. The molecule has 0 radical (unpaired) electrons. The molecule has 17 heavy (non-hydrogen) atoms. The molecule has 3 atom stereocenters. The normalized spacial score (nSPS) is 34.4. The molecule has 2 heteroatoms. The monoisotopic (exact) mass is 238 g/mol. The number of hydrogen-bond donors (Lipinski definition) is 2. The Hall–Kier alpha value is -0.600. The quantitative estimate of drug-likeness (QED) is 0.739. The average Bonchev–Trinajstić information content (AvgIpc) is 2.27. The highest BCUT2D eigenvalue weighted by Crippen LogP contribution is 2.49. The zero-order valence-electron chi connectivity index (χ0n) is 11.4. The molecule has 0 spiro atoms. The standard InChI is InChI=1S/C15H26O2/c1-6-15(5)8-7-12(14(3,4)17)9-13(15)11(2)10-16/h6,12-13,16-17H,1-2,7-10H2,3-5H3. The van der Waals surface area contributed by atoms with E-state index in [1.807, 2.05) is 19.9 Å². The summed E-state index contributed by atoms with van der Waals surface area (Å²) in [5.41, 5.74) is 0.208. The summed E-state index contributed by atoms with van der Waals surface area (Å²) in [6.07, 6.45) is 4.86. The summed E-state index contributed by atoms with van der Waals surface area (Å²) in [7, 11) is 0. The molecule has 1 aliphatic rings. The van der Waals surface area contributed by atoms with Gasteiger partial charge in [0.15, 0.2) is 0 Å². The minimum absolute atomic E-state index is 0.00155. The summed E-state index contributed by atoms with van der Waals surface area (Å²) in [5, 5.41) is 19.4. The van der Waals surface area contributed by atoms with Gasteiger partial charge in [0.2, 0.25) is 0 Å². The highest BCUT2D eigenvalue weighted by atomic mass is 16.3. The SMILES string of the molecule is C=CC1(C)CCC(C(C)(C)O)CC1C(=C)CO. The Kier molecular flexibility index (Phi) is 4.21. The molecule has 0 aromatic heterocycles. The van der Waals surface area contributed by atoms with Gasteiger partial charge in [-0.1, -0.05) is 19.6 Å². The van der Waals surface area contributed by atoms with E-state index in [2.05, 4.69) is 20.1 Å². The van der Waals surface area contributed by atoms with Crippen molar-refractivity contribution in [2.75, 3.05) is 6.61 Å². The number of aliphatic hydroxyl groups is 2. The first-order valence-electron chi connectivity index (χ1n) is 6.39. The van der Waals surface area contributed by atoms with Crippen LogP contribution in [-0.4, -0.2) is 22.4 Å². The van der Waals surface area contributed by atoms with E-state index in [1.165, 1.54) is 0 Å². The van der Waals surface area contributed by atoms with Crippen molar-refractivity contribution < 1.29 is 10.2 Å². The Labute approximate surface area is 105 Å². The van der Waals surface area contributed by atoms with Crippen LogP contribution in [-0.2, 0) is 0 Å². The van der Waals surface area contributed by atoms with Gasteiger partial charge in [0, 0.05) is 0 Å². The van der Waals surface area contributed by atoms with E-state index >= 15 is 0 Å². The van der Waals surface area contributed by atoms with E-state index in [4.69, 9.17) is 0 Å². The van der Waals surface area contributed by atoms with Crippen molar-refractivity contribution in [2.45, 2.75) is 45.6 Å². The molecule has 0 aromatic rings. The van der Waals surface area contributed by atoms with E-state index in [0.29, 0.717) is 0 Å². The van der Waals surface area contributed by atoms with Crippen molar-refractivity contribution in [3.05, 3.63) is 24.8 Å². The molecule has 2 N–H and O–H groups in total. The van der Waals surface area contributed by atoms with E-state index in [-0.39, 0.29) is 23.9 Å². The molecule has 3 unspecified atom stereocenters. The van der Waals surface area contributed by atoms with E-state index in [1.54, 1.807) is 0 Å². The van der Waals surface area contributed by atoms with Crippen molar-refractivity contribution in [2.24, 2.45) is 17.3 Å². The van der Waals surface area contributed by atoms with Gasteiger partial charge in [-0.25, -0.2) is 0 Å². The van der Waals surface area contributed by atoms with Gasteiger partial charge in [0.05, 0.1) is 12.2 Å². The van der Waals surface area contributed by atoms with Crippen LogP contribution in [0, 0.1) is 17.3 Å². The second kappa shape index (κ2) is 4.95. The van der Waals surface area contributed by atoms with Crippen LogP contribution in [0.4, 0.5) is 0 Å². The Bertz CT molecular complexity index is 301. The molecule has 0 aromatic carbocycles. The van der Waals surface area contributed by atoms with Crippen molar-refractivity contribution in [3.8, 4) is 0 Å². The van der Waals surface area contributed by atoms with Crippen LogP contribution in [0.2, 0.25) is 0 Å². The zero-order valence-corrected chi connectivity index (χ0v) is 11.4. The number of hydrogen-bond acceptors (Lipinski definition) is 2. The Morgan fingerprint density at radius 2 is 2.12 bits per heavy atom. The minimum atomic E-state index is -0.656. The lowest BCUT2D eigenvalue weighted by molar-refractivity contribution is -0.0257. The van der Waals surface area contributed by atoms with Crippen molar-refractivity contribution in [1.29, 1.82) is 0 Å². The smallest absolute Gasteiger partial charge is 0.0642 e. The number of rotatable bonds is 4. The number of aliphatic hydroxyl groups excluding tert-OH is 1. The minimum Gasteiger partial charge on any atom is -0.392 e. The summed E-state index contributed by atoms with van der Waals surface area (Å²) >= 11 is 0. The molecular formula is C15H26O2. The van der Waals surface area contributed by atoms with Crippen LogP contribution in [0.5, 0.6) is 0 Å². The van der Waals surface area contributed by atoms with E-state index < -0.39 is 5.60 Å².